The second-order valence-corrected chi connectivity index (χ2v) is 9.32. The number of nitrogens with one attached hydrogen (secondary N) is 2. The molecule has 1 aromatic rings. The average Bonchev–Trinajstić information content (AvgIpc) is 3.55. The summed E-state index contributed by atoms with van der Waals surface area (Å²) in [6.45, 7) is 3.01. The Hall–Kier alpha value is -2.15. The van der Waals surface area contributed by atoms with Crippen LogP contribution in [0.5, 0.6) is 0 Å². The van der Waals surface area contributed by atoms with E-state index in [1.165, 1.54) is 0 Å². The Morgan fingerprint density at radius 3 is 2.79 bits per heavy atom. The number of carbonyl (C=O) groups is 2. The van der Waals surface area contributed by atoms with Crippen molar-refractivity contribution in [2.24, 2.45) is 17.8 Å². The van der Waals surface area contributed by atoms with Gasteiger partial charge in [0.15, 0.2) is 0 Å². The lowest BCUT2D eigenvalue weighted by atomic mass is 9.72. The molecule has 0 spiro atoms. The van der Waals surface area contributed by atoms with Gasteiger partial charge >= 0.3 is 0 Å². The van der Waals surface area contributed by atoms with E-state index < -0.39 is 0 Å². The van der Waals surface area contributed by atoms with Gasteiger partial charge in [0.05, 0.1) is 6.04 Å². The Morgan fingerprint density at radius 2 is 2.00 bits per heavy atom. The van der Waals surface area contributed by atoms with Gasteiger partial charge in [0.25, 0.3) is 5.56 Å². The third-order valence-electron chi connectivity index (χ3n) is 7.30. The van der Waals surface area contributed by atoms with E-state index in [1.54, 1.807) is 6.20 Å². The van der Waals surface area contributed by atoms with E-state index in [0.717, 1.165) is 50.8 Å². The van der Waals surface area contributed by atoms with Gasteiger partial charge in [0.1, 0.15) is 0 Å². The van der Waals surface area contributed by atoms with Crippen molar-refractivity contribution in [2.45, 2.75) is 57.2 Å². The lowest BCUT2D eigenvalue weighted by Gasteiger charge is -2.56. The van der Waals surface area contributed by atoms with Gasteiger partial charge in [-0.15, -0.1) is 0 Å². The predicted molar refractivity (Wildman–Crippen MR) is 108 cm³/mol. The number of likely N-dealkylation sites (tertiary alicyclic amines) is 1. The van der Waals surface area contributed by atoms with Crippen LogP contribution < -0.4 is 10.9 Å². The second kappa shape index (κ2) is 7.59. The summed E-state index contributed by atoms with van der Waals surface area (Å²) in [6, 6.07) is 4.11. The van der Waals surface area contributed by atoms with Crippen LogP contribution in [0.4, 0.5) is 0 Å². The largest absolute Gasteiger partial charge is 0.354 e. The molecule has 0 aromatic carbocycles. The lowest BCUT2D eigenvalue weighted by molar-refractivity contribution is -0.153. The van der Waals surface area contributed by atoms with Gasteiger partial charge in [0.2, 0.25) is 11.8 Å². The fourth-order valence-electron chi connectivity index (χ4n) is 5.78. The first-order valence-electron chi connectivity index (χ1n) is 11.1. The van der Waals surface area contributed by atoms with Crippen LogP contribution in [0.2, 0.25) is 0 Å². The molecule has 3 saturated heterocycles. The van der Waals surface area contributed by atoms with Gasteiger partial charge in [0, 0.05) is 56.3 Å². The number of carbonyl (C=O) groups excluding carboxylic acids is 2. The van der Waals surface area contributed by atoms with Crippen LogP contribution in [-0.2, 0) is 16.1 Å². The van der Waals surface area contributed by atoms with E-state index in [-0.39, 0.29) is 35.4 Å². The van der Waals surface area contributed by atoms with E-state index in [9.17, 15) is 14.4 Å². The highest BCUT2D eigenvalue weighted by atomic mass is 16.2. The maximum Gasteiger partial charge on any atom is 0.252 e. The van der Waals surface area contributed by atoms with E-state index in [4.69, 9.17) is 0 Å². The molecule has 5 rings (SSSR count). The minimum absolute atomic E-state index is 0.0223. The molecule has 4 heterocycles. The highest BCUT2D eigenvalue weighted by Crippen LogP contribution is 2.41. The Balaban J connectivity index is 1.35. The summed E-state index contributed by atoms with van der Waals surface area (Å²) in [5.74, 6) is 1.39. The van der Waals surface area contributed by atoms with Gasteiger partial charge in [-0.3, -0.25) is 19.3 Å². The summed E-state index contributed by atoms with van der Waals surface area (Å²) in [4.78, 5) is 44.5. The van der Waals surface area contributed by atoms with E-state index in [0.29, 0.717) is 31.3 Å². The maximum absolute atomic E-state index is 12.8. The molecule has 4 aliphatic rings. The normalized spacial score (nSPS) is 32.0. The Bertz CT molecular complexity index is 848. The molecule has 29 heavy (non-hydrogen) atoms. The summed E-state index contributed by atoms with van der Waals surface area (Å²) >= 11 is 0. The molecule has 7 heteroatoms. The van der Waals surface area contributed by atoms with Crippen LogP contribution in [0.3, 0.4) is 0 Å². The number of nitrogens with zero attached hydrogens (tertiary/aromatic N) is 2. The number of hydrogen-bond donors (Lipinski definition) is 2. The number of aromatic nitrogens is 1. The van der Waals surface area contributed by atoms with Crippen molar-refractivity contribution in [3.63, 3.8) is 0 Å². The van der Waals surface area contributed by atoms with Crippen LogP contribution in [0.1, 0.15) is 44.1 Å². The summed E-state index contributed by atoms with van der Waals surface area (Å²) in [6.07, 6.45) is 7.41. The van der Waals surface area contributed by atoms with Crippen molar-refractivity contribution < 1.29 is 9.59 Å². The van der Waals surface area contributed by atoms with Crippen LogP contribution in [0, 0.1) is 17.8 Å². The molecular formula is C22H30N4O3. The van der Waals surface area contributed by atoms with Crippen LogP contribution in [0.25, 0.3) is 0 Å². The van der Waals surface area contributed by atoms with Crippen molar-refractivity contribution >= 4 is 11.8 Å². The zero-order valence-electron chi connectivity index (χ0n) is 16.8. The van der Waals surface area contributed by atoms with E-state index >= 15 is 0 Å². The number of rotatable bonds is 5. The molecule has 3 aliphatic heterocycles. The van der Waals surface area contributed by atoms with Crippen molar-refractivity contribution in [1.82, 2.24) is 20.1 Å². The first-order chi connectivity index (χ1) is 14.1. The summed E-state index contributed by atoms with van der Waals surface area (Å²) in [5, 5.41) is 3.14. The summed E-state index contributed by atoms with van der Waals surface area (Å²) in [5.41, 5.74) is 0.772. The fraction of sp³-hybridized carbons (Fsp3) is 0.682. The zero-order chi connectivity index (χ0) is 20.0. The number of aromatic amines is 1. The predicted octanol–water partition coefficient (Wildman–Crippen LogP) is 1.10. The Kier molecular flexibility index (Phi) is 4.94. The molecule has 0 radical (unpaired) electrons. The smallest absolute Gasteiger partial charge is 0.252 e. The number of piperidine rings is 3. The molecule has 2 N–H and O–H groups in total. The van der Waals surface area contributed by atoms with Crippen molar-refractivity contribution in [3.8, 4) is 0 Å². The summed E-state index contributed by atoms with van der Waals surface area (Å²) < 4.78 is 0. The molecule has 4 fully saturated rings. The minimum atomic E-state index is -0.0223. The van der Waals surface area contributed by atoms with Crippen LogP contribution >= 0.6 is 0 Å². The minimum Gasteiger partial charge on any atom is -0.354 e. The topological polar surface area (TPSA) is 85.5 Å². The molecule has 2 amide bonds. The van der Waals surface area contributed by atoms with Gasteiger partial charge < -0.3 is 15.2 Å². The average molecular weight is 399 g/mol. The third kappa shape index (κ3) is 3.72. The Morgan fingerprint density at radius 1 is 1.17 bits per heavy atom. The summed E-state index contributed by atoms with van der Waals surface area (Å²) in [7, 11) is 0. The maximum atomic E-state index is 12.8. The monoisotopic (exact) mass is 398 g/mol. The fourth-order valence-corrected chi connectivity index (χ4v) is 5.78. The number of H-pyrrole nitrogens is 1. The quantitative estimate of drug-likeness (QED) is 0.778. The Labute approximate surface area is 170 Å². The molecule has 1 saturated carbocycles. The lowest BCUT2D eigenvalue weighted by Crippen LogP contribution is -2.67. The standard InChI is InChI=1S/C22H30N4O3/c27-20-5-1-4-18-16-9-17(19(26(18)20)10-24-21(28)14-6-7-14)13-25(12-16)11-15-3-2-8-23-22(15)29/h2-3,8,14,16-19H,1,4-7,9-13H2,(H,23,29)(H,24,28)/t16-,17+,18+,19+/m1/s1. The van der Waals surface area contributed by atoms with E-state index in [1.807, 2.05) is 12.1 Å². The molecule has 1 aliphatic carbocycles. The highest BCUT2D eigenvalue weighted by molar-refractivity contribution is 5.81. The molecule has 4 atom stereocenters. The molecular weight excluding hydrogens is 368 g/mol. The molecule has 7 nitrogen and oxygen atoms in total. The third-order valence-corrected chi connectivity index (χ3v) is 7.30. The van der Waals surface area contributed by atoms with Gasteiger partial charge in [-0.2, -0.15) is 0 Å². The van der Waals surface area contributed by atoms with Crippen LogP contribution in [0.15, 0.2) is 23.1 Å². The molecule has 1 aromatic heterocycles. The molecule has 156 valence electrons. The first kappa shape index (κ1) is 18.9. The number of hydrogen-bond acceptors (Lipinski definition) is 4. The van der Waals surface area contributed by atoms with Crippen LogP contribution in [-0.4, -0.2) is 58.3 Å². The molecule has 2 bridgehead atoms. The van der Waals surface area contributed by atoms with Gasteiger partial charge in [-0.1, -0.05) is 6.07 Å². The highest BCUT2D eigenvalue weighted by Gasteiger charge is 2.49. The van der Waals surface area contributed by atoms with Crippen molar-refractivity contribution in [1.29, 1.82) is 0 Å². The van der Waals surface area contributed by atoms with Gasteiger partial charge in [-0.25, -0.2) is 0 Å². The van der Waals surface area contributed by atoms with E-state index in [2.05, 4.69) is 20.1 Å². The van der Waals surface area contributed by atoms with Crippen molar-refractivity contribution in [2.75, 3.05) is 19.6 Å². The SMILES string of the molecule is O=C(NC[C@H]1[C@H]2C[C@H](CN(Cc3ccc[nH]c3=O)C2)[C@@H]2CCCC(=O)N21)C1CC1. The van der Waals surface area contributed by atoms with Crippen molar-refractivity contribution in [3.05, 3.63) is 34.2 Å². The number of pyridine rings is 1. The van der Waals surface area contributed by atoms with Gasteiger partial charge in [-0.05, 0) is 50.0 Å². The number of fused-ring (bicyclic) bond motifs is 4. The number of amides is 2. The molecule has 0 unspecified atom stereocenters. The second-order valence-electron chi connectivity index (χ2n) is 9.32. The zero-order valence-corrected chi connectivity index (χ0v) is 16.8. The first-order valence-corrected chi connectivity index (χ1v) is 11.1.